The molecule has 0 saturated carbocycles. The summed E-state index contributed by atoms with van der Waals surface area (Å²) in [5, 5.41) is 10.7. The van der Waals surface area contributed by atoms with E-state index in [0.717, 1.165) is 42.4 Å². The number of nitrogens with one attached hydrogen (secondary N) is 2. The van der Waals surface area contributed by atoms with E-state index in [1.54, 1.807) is 23.1 Å². The molecule has 8 nitrogen and oxygen atoms in total. The molecule has 1 aromatic heterocycles. The minimum Gasteiger partial charge on any atom is -0.356 e. The molecule has 1 saturated heterocycles. The second-order valence-corrected chi connectivity index (χ2v) is 9.57. The van der Waals surface area contributed by atoms with Crippen molar-refractivity contribution in [2.24, 2.45) is 4.99 Å². The van der Waals surface area contributed by atoms with Gasteiger partial charge in [0.05, 0.1) is 11.4 Å². The quantitative estimate of drug-likeness (QED) is 0.226. The molecule has 156 valence electrons. The molecule has 0 atom stereocenters. The van der Waals surface area contributed by atoms with Gasteiger partial charge in [0.25, 0.3) is 0 Å². The van der Waals surface area contributed by atoms with Crippen LogP contribution >= 0.6 is 35.7 Å². The smallest absolute Gasteiger partial charge is 0.215 e. The van der Waals surface area contributed by atoms with Gasteiger partial charge in [0.15, 0.2) is 5.96 Å². The SMILES string of the molecule is CN=C(NCCCn1nc(C)cc1C)NCCS(=O)(=O)N1CCSCC1.I. The Bertz CT molecular complexity index is 702. The minimum atomic E-state index is -3.19. The molecule has 0 amide bonds. The summed E-state index contributed by atoms with van der Waals surface area (Å²) in [5.41, 5.74) is 2.19. The van der Waals surface area contributed by atoms with Crippen molar-refractivity contribution in [3.05, 3.63) is 17.5 Å². The zero-order chi connectivity index (χ0) is 19.0. The Morgan fingerprint density at radius 2 is 1.93 bits per heavy atom. The molecule has 27 heavy (non-hydrogen) atoms. The van der Waals surface area contributed by atoms with Gasteiger partial charge in [-0.15, -0.1) is 24.0 Å². The van der Waals surface area contributed by atoms with Gasteiger partial charge in [-0.3, -0.25) is 9.67 Å². The van der Waals surface area contributed by atoms with Gasteiger partial charge in [-0.25, -0.2) is 12.7 Å². The Labute approximate surface area is 184 Å². The number of sulfonamides is 1. The summed E-state index contributed by atoms with van der Waals surface area (Å²) in [6.45, 7) is 7.21. The molecule has 1 fully saturated rings. The summed E-state index contributed by atoms with van der Waals surface area (Å²) >= 11 is 1.80. The molecule has 0 spiro atoms. The van der Waals surface area contributed by atoms with Gasteiger partial charge in [0.1, 0.15) is 0 Å². The van der Waals surface area contributed by atoms with Gasteiger partial charge in [0, 0.05) is 57.0 Å². The van der Waals surface area contributed by atoms with Crippen molar-refractivity contribution in [3.8, 4) is 0 Å². The van der Waals surface area contributed by atoms with Crippen molar-refractivity contribution in [1.82, 2.24) is 24.7 Å². The summed E-state index contributed by atoms with van der Waals surface area (Å²) < 4.78 is 28.2. The van der Waals surface area contributed by atoms with Crippen LogP contribution in [0.4, 0.5) is 0 Å². The summed E-state index contributed by atoms with van der Waals surface area (Å²) in [4.78, 5) is 4.15. The van der Waals surface area contributed by atoms with Crippen LogP contribution in [0.1, 0.15) is 17.8 Å². The summed E-state index contributed by atoms with van der Waals surface area (Å²) in [7, 11) is -1.50. The maximum Gasteiger partial charge on any atom is 0.215 e. The maximum absolute atomic E-state index is 12.3. The Kier molecular flexibility index (Phi) is 11.0. The highest BCUT2D eigenvalue weighted by atomic mass is 127. The first kappa shape index (κ1) is 24.5. The molecule has 2 rings (SSSR count). The second-order valence-electron chi connectivity index (χ2n) is 6.26. The van der Waals surface area contributed by atoms with Gasteiger partial charge in [-0.2, -0.15) is 16.9 Å². The highest BCUT2D eigenvalue weighted by molar-refractivity contribution is 14.0. The molecule has 1 aromatic rings. The molecular formula is C16H31IN6O2S2. The van der Waals surface area contributed by atoms with Crippen LogP contribution < -0.4 is 10.6 Å². The Balaban J connectivity index is 0.00000364. The van der Waals surface area contributed by atoms with Gasteiger partial charge in [-0.1, -0.05) is 0 Å². The van der Waals surface area contributed by atoms with Crippen LogP contribution in [0, 0.1) is 13.8 Å². The number of aliphatic imine (C=N–C) groups is 1. The Hall–Kier alpha value is -0.530. The summed E-state index contributed by atoms with van der Waals surface area (Å²) in [6.07, 6.45) is 0.909. The van der Waals surface area contributed by atoms with Gasteiger partial charge < -0.3 is 10.6 Å². The molecule has 11 heteroatoms. The zero-order valence-corrected chi connectivity index (χ0v) is 20.2. The van der Waals surface area contributed by atoms with Crippen molar-refractivity contribution in [3.63, 3.8) is 0 Å². The van der Waals surface area contributed by atoms with Gasteiger partial charge >= 0.3 is 0 Å². The average molecular weight is 531 g/mol. The number of halogens is 1. The number of hydrogen-bond donors (Lipinski definition) is 2. The van der Waals surface area contributed by atoms with E-state index >= 15 is 0 Å². The van der Waals surface area contributed by atoms with Crippen molar-refractivity contribution >= 4 is 51.7 Å². The molecule has 2 heterocycles. The van der Waals surface area contributed by atoms with E-state index in [2.05, 4.69) is 33.7 Å². The second kappa shape index (κ2) is 12.1. The summed E-state index contributed by atoms with van der Waals surface area (Å²) in [5.74, 6) is 2.48. The third kappa shape index (κ3) is 8.16. The van der Waals surface area contributed by atoms with E-state index < -0.39 is 10.0 Å². The summed E-state index contributed by atoms with van der Waals surface area (Å²) in [6, 6.07) is 2.06. The molecular weight excluding hydrogens is 499 g/mol. The third-order valence-corrected chi connectivity index (χ3v) is 7.00. The predicted octanol–water partition coefficient (Wildman–Crippen LogP) is 1.05. The van der Waals surface area contributed by atoms with Crippen molar-refractivity contribution in [1.29, 1.82) is 0 Å². The third-order valence-electron chi connectivity index (χ3n) is 4.18. The Morgan fingerprint density at radius 3 is 2.52 bits per heavy atom. The average Bonchev–Trinajstić information content (AvgIpc) is 2.95. The highest BCUT2D eigenvalue weighted by Crippen LogP contribution is 2.12. The molecule has 1 aliphatic rings. The lowest BCUT2D eigenvalue weighted by Crippen LogP contribution is -2.44. The number of aromatic nitrogens is 2. The van der Waals surface area contributed by atoms with Crippen LogP contribution in [0.3, 0.4) is 0 Å². The molecule has 0 aliphatic carbocycles. The Morgan fingerprint density at radius 1 is 1.26 bits per heavy atom. The van der Waals surface area contributed by atoms with Crippen molar-refractivity contribution in [2.75, 3.05) is 50.5 Å². The van der Waals surface area contributed by atoms with Gasteiger partial charge in [-0.05, 0) is 26.3 Å². The number of rotatable bonds is 8. The van der Waals surface area contributed by atoms with Crippen LogP contribution in [0.15, 0.2) is 11.1 Å². The standard InChI is InChI=1S/C16H30N6O2S2.HI/c1-14-13-15(2)22(20-14)7-4-5-18-16(17-3)19-6-12-26(23,24)21-8-10-25-11-9-21;/h13H,4-12H2,1-3H3,(H2,17,18,19);1H. The zero-order valence-electron chi connectivity index (χ0n) is 16.3. The number of aryl methyl sites for hydroxylation is 3. The van der Waals surface area contributed by atoms with E-state index in [9.17, 15) is 8.42 Å². The van der Waals surface area contributed by atoms with Crippen LogP contribution in [-0.4, -0.2) is 78.9 Å². The fourth-order valence-electron chi connectivity index (χ4n) is 2.81. The van der Waals surface area contributed by atoms with Crippen molar-refractivity contribution < 1.29 is 8.42 Å². The molecule has 1 aliphatic heterocycles. The number of thioether (sulfide) groups is 1. The topological polar surface area (TPSA) is 91.6 Å². The van der Waals surface area contributed by atoms with Gasteiger partial charge in [0.2, 0.25) is 10.0 Å². The molecule has 0 radical (unpaired) electrons. The molecule has 0 aromatic carbocycles. The van der Waals surface area contributed by atoms with E-state index in [1.165, 1.54) is 0 Å². The van der Waals surface area contributed by atoms with Crippen molar-refractivity contribution in [2.45, 2.75) is 26.8 Å². The molecule has 0 bridgehead atoms. The molecule has 0 unspecified atom stereocenters. The van der Waals surface area contributed by atoms with E-state index in [1.807, 2.05) is 11.6 Å². The number of nitrogens with zero attached hydrogens (tertiary/aromatic N) is 4. The van der Waals surface area contributed by atoms with E-state index in [4.69, 9.17) is 0 Å². The lowest BCUT2D eigenvalue weighted by atomic mass is 10.4. The normalized spacial score (nSPS) is 16.0. The van der Waals surface area contributed by atoms with Crippen LogP contribution in [0.2, 0.25) is 0 Å². The first-order valence-electron chi connectivity index (χ1n) is 8.93. The van der Waals surface area contributed by atoms with Crippen LogP contribution in [0.5, 0.6) is 0 Å². The maximum atomic E-state index is 12.3. The van der Waals surface area contributed by atoms with E-state index in [-0.39, 0.29) is 29.7 Å². The molecule has 2 N–H and O–H groups in total. The fraction of sp³-hybridized carbons (Fsp3) is 0.750. The minimum absolute atomic E-state index is 0. The van der Waals surface area contributed by atoms with E-state index in [0.29, 0.717) is 25.6 Å². The van der Waals surface area contributed by atoms with Crippen LogP contribution in [0.25, 0.3) is 0 Å². The largest absolute Gasteiger partial charge is 0.356 e. The number of hydrogen-bond acceptors (Lipinski definition) is 5. The lowest BCUT2D eigenvalue weighted by Gasteiger charge is -2.25. The number of guanidine groups is 1. The first-order valence-corrected chi connectivity index (χ1v) is 11.7. The van der Waals surface area contributed by atoms with Crippen LogP contribution in [-0.2, 0) is 16.6 Å². The highest BCUT2D eigenvalue weighted by Gasteiger charge is 2.23. The predicted molar refractivity (Wildman–Crippen MR) is 124 cm³/mol. The first-order chi connectivity index (χ1) is 12.4. The fourth-order valence-corrected chi connectivity index (χ4v) is 5.30. The lowest BCUT2D eigenvalue weighted by molar-refractivity contribution is 0.443. The monoisotopic (exact) mass is 530 g/mol.